The van der Waals surface area contributed by atoms with E-state index in [0.29, 0.717) is 11.7 Å². The minimum atomic E-state index is 0.508. The van der Waals surface area contributed by atoms with Gasteiger partial charge in [-0.05, 0) is 11.6 Å². The lowest BCUT2D eigenvalue weighted by Crippen LogP contribution is -2.05. The summed E-state index contributed by atoms with van der Waals surface area (Å²) >= 11 is 5.61. The Morgan fingerprint density at radius 2 is 2.42 bits per heavy atom. The van der Waals surface area contributed by atoms with E-state index in [1.54, 1.807) is 18.5 Å². The van der Waals surface area contributed by atoms with Crippen molar-refractivity contribution >= 4 is 11.6 Å². The summed E-state index contributed by atoms with van der Waals surface area (Å²) in [5, 5.41) is 3.49. The fourth-order valence-corrected chi connectivity index (χ4v) is 0.868. The van der Waals surface area contributed by atoms with Crippen molar-refractivity contribution in [2.24, 2.45) is 5.73 Å². The number of halogens is 1. The van der Waals surface area contributed by atoms with E-state index >= 15 is 0 Å². The molecule has 0 aliphatic heterocycles. The van der Waals surface area contributed by atoms with Gasteiger partial charge in [0.15, 0.2) is 0 Å². The van der Waals surface area contributed by atoms with Crippen LogP contribution in [0, 0.1) is 0 Å². The van der Waals surface area contributed by atoms with Crippen LogP contribution in [0.1, 0.15) is 5.56 Å². The zero-order chi connectivity index (χ0) is 8.81. The largest absolute Gasteiger partial charge is 0.403 e. The van der Waals surface area contributed by atoms with Gasteiger partial charge in [0.05, 0.1) is 0 Å². The van der Waals surface area contributed by atoms with Crippen LogP contribution in [0.4, 0.5) is 0 Å². The normalized spacial score (nSPS) is 10.4. The Morgan fingerprint density at radius 1 is 1.58 bits per heavy atom. The van der Waals surface area contributed by atoms with Gasteiger partial charge in [-0.3, -0.25) is 0 Å². The van der Waals surface area contributed by atoms with E-state index in [0.717, 1.165) is 5.56 Å². The summed E-state index contributed by atoms with van der Waals surface area (Å²) in [5.74, 6) is 0. The molecule has 3 N–H and O–H groups in total. The fraction of sp³-hybridized carbons (Fsp3) is 0.125. The van der Waals surface area contributed by atoms with Gasteiger partial charge in [-0.1, -0.05) is 17.7 Å². The van der Waals surface area contributed by atoms with E-state index in [1.807, 2.05) is 6.07 Å². The third kappa shape index (κ3) is 2.80. The first kappa shape index (κ1) is 8.87. The second-order valence-corrected chi connectivity index (χ2v) is 2.62. The molecule has 0 fully saturated rings. The molecule has 1 aromatic rings. The van der Waals surface area contributed by atoms with E-state index in [9.17, 15) is 0 Å². The molecule has 0 atom stereocenters. The van der Waals surface area contributed by atoms with Gasteiger partial charge in [-0.15, -0.1) is 0 Å². The van der Waals surface area contributed by atoms with Gasteiger partial charge in [0.1, 0.15) is 5.15 Å². The minimum absolute atomic E-state index is 0.508. The number of hydrogen-bond donors (Lipinski definition) is 2. The van der Waals surface area contributed by atoms with Crippen LogP contribution in [-0.2, 0) is 6.54 Å². The van der Waals surface area contributed by atoms with Gasteiger partial charge < -0.3 is 11.1 Å². The molecule has 12 heavy (non-hydrogen) atoms. The summed E-state index contributed by atoms with van der Waals surface area (Å²) < 4.78 is 0. The van der Waals surface area contributed by atoms with Crippen molar-refractivity contribution in [3.63, 3.8) is 0 Å². The molecular formula is C8H10ClN3. The summed E-state index contributed by atoms with van der Waals surface area (Å²) in [4.78, 5) is 3.93. The molecule has 0 radical (unpaired) electrons. The fourth-order valence-electron chi connectivity index (χ4n) is 0.756. The molecule has 0 aromatic carbocycles. The Kier molecular flexibility index (Phi) is 3.41. The number of hydrogen-bond acceptors (Lipinski definition) is 3. The molecular weight excluding hydrogens is 174 g/mol. The van der Waals surface area contributed by atoms with Crippen LogP contribution in [0.5, 0.6) is 0 Å². The monoisotopic (exact) mass is 183 g/mol. The Labute approximate surface area is 76.2 Å². The molecule has 1 rings (SSSR count). The summed E-state index contributed by atoms with van der Waals surface area (Å²) in [6.45, 7) is 0.706. The zero-order valence-corrected chi connectivity index (χ0v) is 7.25. The summed E-state index contributed by atoms with van der Waals surface area (Å²) in [5.41, 5.74) is 6.20. The van der Waals surface area contributed by atoms with Crippen molar-refractivity contribution < 1.29 is 0 Å². The van der Waals surface area contributed by atoms with Gasteiger partial charge in [0, 0.05) is 25.1 Å². The number of aromatic nitrogens is 1. The molecule has 0 aliphatic rings. The molecule has 0 bridgehead atoms. The third-order valence-corrected chi connectivity index (χ3v) is 1.53. The molecule has 0 aliphatic carbocycles. The summed E-state index contributed by atoms with van der Waals surface area (Å²) in [6, 6.07) is 3.66. The van der Waals surface area contributed by atoms with Crippen LogP contribution in [0.25, 0.3) is 0 Å². The highest BCUT2D eigenvalue weighted by molar-refractivity contribution is 6.29. The Hall–Kier alpha value is -1.22. The molecule has 3 nitrogen and oxygen atoms in total. The number of nitrogens with zero attached hydrogens (tertiary/aromatic N) is 1. The summed E-state index contributed by atoms with van der Waals surface area (Å²) in [6.07, 6.45) is 4.84. The van der Waals surface area contributed by atoms with Gasteiger partial charge in [0.25, 0.3) is 0 Å². The Balaban J connectivity index is 2.47. The van der Waals surface area contributed by atoms with Gasteiger partial charge >= 0.3 is 0 Å². The highest BCUT2D eigenvalue weighted by Gasteiger charge is 1.90. The first-order chi connectivity index (χ1) is 5.83. The standard InChI is InChI=1S/C8H10ClN3/c9-8-2-1-7(6-12-8)5-11-4-3-10/h1-4,6,11H,5,10H2. The SMILES string of the molecule is NC=CNCc1ccc(Cl)nc1. The van der Waals surface area contributed by atoms with Gasteiger partial charge in [-0.25, -0.2) is 4.98 Å². The second-order valence-electron chi connectivity index (χ2n) is 2.23. The minimum Gasteiger partial charge on any atom is -0.403 e. The lowest BCUT2D eigenvalue weighted by atomic mass is 10.3. The molecule has 1 heterocycles. The number of rotatable bonds is 3. The predicted octanol–water partition coefficient (Wildman–Crippen LogP) is 1.25. The first-order valence-corrected chi connectivity index (χ1v) is 3.91. The lowest BCUT2D eigenvalue weighted by molar-refractivity contribution is 0.861. The molecule has 0 spiro atoms. The Bertz CT molecular complexity index is 256. The maximum atomic E-state index is 5.61. The maximum absolute atomic E-state index is 5.61. The van der Waals surface area contributed by atoms with Gasteiger partial charge in [-0.2, -0.15) is 0 Å². The van der Waals surface area contributed by atoms with Crippen molar-refractivity contribution in [2.75, 3.05) is 0 Å². The van der Waals surface area contributed by atoms with Crippen molar-refractivity contribution in [1.82, 2.24) is 10.3 Å². The molecule has 0 saturated heterocycles. The number of nitrogens with one attached hydrogen (secondary N) is 1. The van der Waals surface area contributed by atoms with E-state index in [4.69, 9.17) is 17.3 Å². The van der Waals surface area contributed by atoms with Crippen molar-refractivity contribution in [2.45, 2.75) is 6.54 Å². The molecule has 64 valence electrons. The van der Waals surface area contributed by atoms with Crippen LogP contribution < -0.4 is 11.1 Å². The first-order valence-electron chi connectivity index (χ1n) is 3.53. The van der Waals surface area contributed by atoms with E-state index in [1.165, 1.54) is 6.20 Å². The quantitative estimate of drug-likeness (QED) is 0.694. The molecule has 0 unspecified atom stereocenters. The average molecular weight is 184 g/mol. The van der Waals surface area contributed by atoms with Crippen molar-refractivity contribution in [3.05, 3.63) is 41.4 Å². The Morgan fingerprint density at radius 3 is 3.00 bits per heavy atom. The maximum Gasteiger partial charge on any atom is 0.129 e. The zero-order valence-electron chi connectivity index (χ0n) is 6.50. The van der Waals surface area contributed by atoms with Crippen molar-refractivity contribution in [3.8, 4) is 0 Å². The number of pyridine rings is 1. The second kappa shape index (κ2) is 4.62. The smallest absolute Gasteiger partial charge is 0.129 e. The van der Waals surface area contributed by atoms with Crippen LogP contribution in [0.15, 0.2) is 30.7 Å². The van der Waals surface area contributed by atoms with Crippen LogP contribution in [0.3, 0.4) is 0 Å². The van der Waals surface area contributed by atoms with E-state index in [-0.39, 0.29) is 0 Å². The summed E-state index contributed by atoms with van der Waals surface area (Å²) in [7, 11) is 0. The highest BCUT2D eigenvalue weighted by atomic mass is 35.5. The molecule has 1 aromatic heterocycles. The highest BCUT2D eigenvalue weighted by Crippen LogP contribution is 2.04. The van der Waals surface area contributed by atoms with E-state index < -0.39 is 0 Å². The third-order valence-electron chi connectivity index (χ3n) is 1.31. The predicted molar refractivity (Wildman–Crippen MR) is 49.4 cm³/mol. The van der Waals surface area contributed by atoms with Crippen LogP contribution >= 0.6 is 11.6 Å². The van der Waals surface area contributed by atoms with Crippen LogP contribution in [0.2, 0.25) is 5.15 Å². The average Bonchev–Trinajstić information content (AvgIpc) is 2.09. The van der Waals surface area contributed by atoms with Crippen molar-refractivity contribution in [1.29, 1.82) is 0 Å². The molecule has 4 heteroatoms. The molecule has 0 saturated carbocycles. The molecule has 0 amide bonds. The van der Waals surface area contributed by atoms with Crippen LogP contribution in [-0.4, -0.2) is 4.98 Å². The topological polar surface area (TPSA) is 50.9 Å². The van der Waals surface area contributed by atoms with Gasteiger partial charge in [0.2, 0.25) is 0 Å². The number of nitrogens with two attached hydrogens (primary N) is 1. The lowest BCUT2D eigenvalue weighted by Gasteiger charge is -1.99. The van der Waals surface area contributed by atoms with E-state index in [2.05, 4.69) is 10.3 Å².